The topological polar surface area (TPSA) is 39.0 Å². The lowest BCUT2D eigenvalue weighted by molar-refractivity contribution is 0.233. The van der Waals surface area contributed by atoms with E-state index in [-0.39, 0.29) is 5.69 Å². The molecule has 1 aromatic heterocycles. The second-order valence-corrected chi connectivity index (χ2v) is 6.84. The molecule has 0 radical (unpaired) electrons. The van der Waals surface area contributed by atoms with E-state index in [0.717, 1.165) is 22.1 Å². The fraction of sp³-hybridized carbons (Fsp3) is 0.562. The molecule has 1 fully saturated rings. The van der Waals surface area contributed by atoms with Crippen molar-refractivity contribution in [3.8, 4) is 0 Å². The van der Waals surface area contributed by atoms with Gasteiger partial charge in [0.15, 0.2) is 0 Å². The molecule has 1 aliphatic rings. The maximum Gasteiger partial charge on any atom is 0.328 e. The summed E-state index contributed by atoms with van der Waals surface area (Å²) in [5, 5.41) is 3.62. The van der Waals surface area contributed by atoms with Crippen molar-refractivity contribution in [1.29, 1.82) is 0 Å². The van der Waals surface area contributed by atoms with E-state index in [4.69, 9.17) is 0 Å². The highest BCUT2D eigenvalue weighted by atomic mass is 79.9. The van der Waals surface area contributed by atoms with E-state index >= 15 is 0 Å². The van der Waals surface area contributed by atoms with E-state index in [2.05, 4.69) is 40.3 Å². The van der Waals surface area contributed by atoms with Crippen molar-refractivity contribution in [2.75, 3.05) is 6.54 Å². The van der Waals surface area contributed by atoms with Crippen LogP contribution in [0.4, 0.5) is 0 Å². The van der Waals surface area contributed by atoms with E-state index in [1.165, 1.54) is 24.8 Å². The number of rotatable bonds is 4. The Morgan fingerprint density at radius 3 is 2.43 bits per heavy atom. The number of aryl methyl sites for hydroxylation is 2. The molecule has 1 atom stereocenters. The number of fused-ring (bicyclic) bond motifs is 1. The Bertz CT molecular complexity index is 727. The molecular weight excluding hydrogens is 330 g/mol. The van der Waals surface area contributed by atoms with Gasteiger partial charge in [0.2, 0.25) is 0 Å². The number of hydrogen-bond acceptors (Lipinski definition) is 2. The van der Waals surface area contributed by atoms with Crippen LogP contribution in [0.2, 0.25) is 0 Å². The average Bonchev–Trinajstić information content (AvgIpc) is 2.61. The molecule has 1 aromatic carbocycles. The van der Waals surface area contributed by atoms with Crippen LogP contribution in [-0.4, -0.2) is 15.7 Å². The summed E-state index contributed by atoms with van der Waals surface area (Å²) in [7, 11) is 3.67. The van der Waals surface area contributed by atoms with Crippen LogP contribution in [0, 0.1) is 5.92 Å². The van der Waals surface area contributed by atoms with Gasteiger partial charge in [-0.1, -0.05) is 29.3 Å². The van der Waals surface area contributed by atoms with E-state index < -0.39 is 0 Å². The number of aromatic nitrogens is 2. The number of nitrogens with one attached hydrogen (secondary N) is 1. The molecule has 1 aliphatic carbocycles. The van der Waals surface area contributed by atoms with Gasteiger partial charge in [-0.25, -0.2) is 4.79 Å². The maximum absolute atomic E-state index is 12.1. The van der Waals surface area contributed by atoms with Crippen molar-refractivity contribution < 1.29 is 0 Å². The average molecular weight is 352 g/mol. The standard InChI is InChI=1S/C16H22BrN3O/c1-4-18-15(10-6-5-7-10)11-8-13-14(9-12(11)17)20(3)16(21)19(13)2/h8-10,15,18H,4-7H2,1-3H3. The van der Waals surface area contributed by atoms with Gasteiger partial charge in [-0.15, -0.1) is 0 Å². The quantitative estimate of drug-likeness (QED) is 0.919. The first-order valence-electron chi connectivity index (χ1n) is 7.62. The number of imidazole rings is 1. The highest BCUT2D eigenvalue weighted by Crippen LogP contribution is 2.40. The molecule has 0 amide bonds. The Morgan fingerprint density at radius 1 is 1.29 bits per heavy atom. The van der Waals surface area contributed by atoms with Gasteiger partial charge >= 0.3 is 5.69 Å². The van der Waals surface area contributed by atoms with Crippen LogP contribution in [0.15, 0.2) is 21.4 Å². The van der Waals surface area contributed by atoms with Gasteiger partial charge in [0.05, 0.1) is 11.0 Å². The lowest BCUT2D eigenvalue weighted by Gasteiger charge is -2.35. The summed E-state index contributed by atoms with van der Waals surface area (Å²) in [5.74, 6) is 0.708. The van der Waals surface area contributed by atoms with Gasteiger partial charge in [0, 0.05) is 24.6 Å². The Hall–Kier alpha value is -1.07. The number of benzene rings is 1. The van der Waals surface area contributed by atoms with Crippen molar-refractivity contribution in [2.24, 2.45) is 20.0 Å². The van der Waals surface area contributed by atoms with E-state index in [1.54, 1.807) is 9.13 Å². The van der Waals surface area contributed by atoms with Gasteiger partial charge in [0.25, 0.3) is 0 Å². The lowest BCUT2D eigenvalue weighted by Crippen LogP contribution is -2.32. The predicted molar refractivity (Wildman–Crippen MR) is 89.6 cm³/mol. The normalized spacial score (nSPS) is 17.1. The summed E-state index contributed by atoms with van der Waals surface area (Å²) >= 11 is 3.71. The maximum atomic E-state index is 12.1. The molecule has 0 spiro atoms. The molecule has 4 nitrogen and oxygen atoms in total. The highest BCUT2D eigenvalue weighted by Gasteiger charge is 2.29. The first kappa shape index (κ1) is 14.9. The largest absolute Gasteiger partial charge is 0.328 e. The highest BCUT2D eigenvalue weighted by molar-refractivity contribution is 9.10. The number of nitrogens with zero attached hydrogens (tertiary/aromatic N) is 2. The zero-order valence-corrected chi connectivity index (χ0v) is 14.4. The van der Waals surface area contributed by atoms with Crippen LogP contribution in [-0.2, 0) is 14.1 Å². The van der Waals surface area contributed by atoms with Crippen LogP contribution >= 0.6 is 15.9 Å². The van der Waals surface area contributed by atoms with Crippen LogP contribution in [0.5, 0.6) is 0 Å². The molecule has 1 saturated carbocycles. The summed E-state index contributed by atoms with van der Waals surface area (Å²) in [5.41, 5.74) is 3.28. The third-order valence-electron chi connectivity index (χ3n) is 4.77. The third kappa shape index (κ3) is 2.36. The Balaban J connectivity index is 2.15. The van der Waals surface area contributed by atoms with Crippen LogP contribution in [0.25, 0.3) is 11.0 Å². The first-order chi connectivity index (χ1) is 10.0. The smallest absolute Gasteiger partial charge is 0.310 e. The van der Waals surface area contributed by atoms with Gasteiger partial charge in [0.1, 0.15) is 0 Å². The zero-order valence-electron chi connectivity index (χ0n) is 12.8. The molecule has 3 rings (SSSR count). The Labute approximate surface area is 133 Å². The van der Waals surface area contributed by atoms with Crippen molar-refractivity contribution in [3.63, 3.8) is 0 Å². The summed E-state index contributed by atoms with van der Waals surface area (Å²) in [6.07, 6.45) is 3.90. The second-order valence-electron chi connectivity index (χ2n) is 5.99. The molecule has 5 heteroatoms. The summed E-state index contributed by atoms with van der Waals surface area (Å²) in [4.78, 5) is 12.1. The van der Waals surface area contributed by atoms with Crippen LogP contribution < -0.4 is 11.0 Å². The van der Waals surface area contributed by atoms with Gasteiger partial charge in [-0.05, 0) is 43.0 Å². The Morgan fingerprint density at radius 2 is 1.90 bits per heavy atom. The van der Waals surface area contributed by atoms with Gasteiger partial charge in [-0.3, -0.25) is 9.13 Å². The van der Waals surface area contributed by atoms with Crippen LogP contribution in [0.3, 0.4) is 0 Å². The molecule has 1 heterocycles. The molecular formula is C16H22BrN3O. The number of hydrogen-bond donors (Lipinski definition) is 1. The molecule has 0 aliphatic heterocycles. The second kappa shape index (κ2) is 5.61. The summed E-state index contributed by atoms with van der Waals surface area (Å²) in [6, 6.07) is 4.62. The van der Waals surface area contributed by atoms with Gasteiger partial charge in [-0.2, -0.15) is 0 Å². The third-order valence-corrected chi connectivity index (χ3v) is 5.46. The van der Waals surface area contributed by atoms with Crippen molar-refractivity contribution in [3.05, 3.63) is 32.7 Å². The fourth-order valence-corrected chi connectivity index (χ4v) is 3.88. The van der Waals surface area contributed by atoms with Crippen molar-refractivity contribution in [2.45, 2.75) is 32.2 Å². The van der Waals surface area contributed by atoms with E-state index in [9.17, 15) is 4.79 Å². The first-order valence-corrected chi connectivity index (χ1v) is 8.42. The van der Waals surface area contributed by atoms with Gasteiger partial charge < -0.3 is 5.32 Å². The van der Waals surface area contributed by atoms with Crippen LogP contribution in [0.1, 0.15) is 37.8 Å². The monoisotopic (exact) mass is 351 g/mol. The Kier molecular flexibility index (Phi) is 3.97. The summed E-state index contributed by atoms with van der Waals surface area (Å²) < 4.78 is 4.53. The molecule has 21 heavy (non-hydrogen) atoms. The van der Waals surface area contributed by atoms with E-state index in [0.29, 0.717) is 12.0 Å². The number of halogens is 1. The molecule has 1 unspecified atom stereocenters. The van der Waals surface area contributed by atoms with Crippen molar-refractivity contribution in [1.82, 2.24) is 14.5 Å². The minimum atomic E-state index is 0.0256. The predicted octanol–water partition coefficient (Wildman–Crippen LogP) is 3.09. The SMILES string of the molecule is CCNC(c1cc2c(cc1Br)n(C)c(=O)n2C)C1CCC1. The minimum Gasteiger partial charge on any atom is -0.310 e. The molecule has 1 N–H and O–H groups in total. The van der Waals surface area contributed by atoms with E-state index in [1.807, 2.05) is 14.1 Å². The summed E-state index contributed by atoms with van der Waals surface area (Å²) in [6.45, 7) is 3.11. The molecule has 2 aromatic rings. The lowest BCUT2D eigenvalue weighted by atomic mass is 9.77. The molecule has 0 saturated heterocycles. The molecule has 114 valence electrons. The zero-order chi connectivity index (χ0) is 15.1. The minimum absolute atomic E-state index is 0.0256. The molecule has 0 bridgehead atoms. The fourth-order valence-electron chi connectivity index (χ4n) is 3.30. The van der Waals surface area contributed by atoms with Crippen molar-refractivity contribution >= 4 is 27.0 Å².